The smallest absolute Gasteiger partial charge is 0.0459 e. The summed E-state index contributed by atoms with van der Waals surface area (Å²) in [5.74, 6) is 0.885. The van der Waals surface area contributed by atoms with E-state index in [1.54, 1.807) is 0 Å². The number of anilines is 1. The molecule has 0 saturated carbocycles. The summed E-state index contributed by atoms with van der Waals surface area (Å²) in [4.78, 5) is 2.53. The summed E-state index contributed by atoms with van der Waals surface area (Å²) in [6, 6.07) is 6.48. The van der Waals surface area contributed by atoms with Crippen molar-refractivity contribution in [2.75, 3.05) is 18.0 Å². The number of nitrogens with two attached hydrogens (primary N) is 1. The minimum atomic E-state index is 0.194. The van der Waals surface area contributed by atoms with Gasteiger partial charge in [0.2, 0.25) is 0 Å². The summed E-state index contributed by atoms with van der Waals surface area (Å²) in [6.07, 6.45) is 7.10. The van der Waals surface area contributed by atoms with Crippen LogP contribution in [0.4, 0.5) is 5.69 Å². The minimum Gasteiger partial charge on any atom is -0.371 e. The minimum absolute atomic E-state index is 0.194. The van der Waals surface area contributed by atoms with Gasteiger partial charge in [-0.1, -0.05) is 37.9 Å². The summed E-state index contributed by atoms with van der Waals surface area (Å²) >= 11 is 6.46. The summed E-state index contributed by atoms with van der Waals surface area (Å²) in [5.41, 5.74) is 8.72. The average molecular weight is 309 g/mol. The van der Waals surface area contributed by atoms with E-state index < -0.39 is 0 Å². The lowest BCUT2D eigenvalue weighted by atomic mass is 9.98. The lowest BCUT2D eigenvalue weighted by Crippen LogP contribution is -2.28. The third-order valence-electron chi connectivity index (χ3n) is 4.85. The van der Waals surface area contributed by atoms with Gasteiger partial charge >= 0.3 is 0 Å². The summed E-state index contributed by atoms with van der Waals surface area (Å²) in [7, 11) is 0. The fraction of sp³-hybridized carbons (Fsp3) is 0.667. The van der Waals surface area contributed by atoms with Gasteiger partial charge in [0, 0.05) is 29.8 Å². The van der Waals surface area contributed by atoms with Gasteiger partial charge in [0.15, 0.2) is 0 Å². The maximum absolute atomic E-state index is 6.46. The predicted molar refractivity (Wildman–Crippen MR) is 93.3 cm³/mol. The molecule has 3 heteroatoms. The fourth-order valence-corrected chi connectivity index (χ4v) is 3.51. The Labute approximate surface area is 134 Å². The molecule has 1 fully saturated rings. The highest BCUT2D eigenvalue weighted by molar-refractivity contribution is 6.31. The topological polar surface area (TPSA) is 29.3 Å². The van der Waals surface area contributed by atoms with E-state index in [0.717, 1.165) is 36.9 Å². The zero-order chi connectivity index (χ0) is 15.2. The Morgan fingerprint density at radius 2 is 2.10 bits per heavy atom. The van der Waals surface area contributed by atoms with Gasteiger partial charge in [0.05, 0.1) is 0 Å². The average Bonchev–Trinajstić information content (AvgIpc) is 2.74. The van der Waals surface area contributed by atoms with E-state index in [1.807, 2.05) is 6.07 Å². The molecule has 2 unspecified atom stereocenters. The lowest BCUT2D eigenvalue weighted by molar-refractivity contribution is 0.459. The molecule has 1 aliphatic rings. The first kappa shape index (κ1) is 16.6. The summed E-state index contributed by atoms with van der Waals surface area (Å²) in [5, 5.41) is 0.868. The molecule has 0 aromatic heterocycles. The van der Waals surface area contributed by atoms with Crippen molar-refractivity contribution in [3.63, 3.8) is 0 Å². The van der Waals surface area contributed by atoms with Gasteiger partial charge in [-0.3, -0.25) is 0 Å². The van der Waals surface area contributed by atoms with E-state index in [4.69, 9.17) is 17.3 Å². The Kier molecular flexibility index (Phi) is 6.38. The van der Waals surface area contributed by atoms with E-state index in [1.165, 1.54) is 36.9 Å². The molecule has 1 aromatic rings. The Balaban J connectivity index is 2.20. The molecule has 0 spiro atoms. The van der Waals surface area contributed by atoms with Gasteiger partial charge in [-0.25, -0.2) is 0 Å². The van der Waals surface area contributed by atoms with Crippen LogP contribution in [0.2, 0.25) is 5.02 Å². The quantitative estimate of drug-likeness (QED) is 0.859. The van der Waals surface area contributed by atoms with Crippen LogP contribution in [0.15, 0.2) is 18.2 Å². The Bertz CT molecular complexity index is 447. The molecule has 1 aliphatic heterocycles. The second-order valence-corrected chi connectivity index (χ2v) is 6.71. The normalized spacial score (nSPS) is 21.1. The molecule has 0 aliphatic carbocycles. The van der Waals surface area contributed by atoms with Crippen molar-refractivity contribution < 1.29 is 0 Å². The molecular weight excluding hydrogens is 280 g/mol. The molecule has 1 aromatic carbocycles. The fourth-order valence-electron chi connectivity index (χ4n) is 3.27. The first-order valence-electron chi connectivity index (χ1n) is 8.43. The van der Waals surface area contributed by atoms with Gasteiger partial charge in [-0.05, 0) is 55.7 Å². The van der Waals surface area contributed by atoms with Crippen molar-refractivity contribution in [2.24, 2.45) is 11.7 Å². The van der Waals surface area contributed by atoms with Gasteiger partial charge in [0.1, 0.15) is 0 Å². The number of nitrogens with zero attached hydrogens (tertiary/aromatic N) is 1. The molecule has 0 amide bonds. The van der Waals surface area contributed by atoms with Crippen molar-refractivity contribution in [2.45, 2.75) is 58.4 Å². The van der Waals surface area contributed by atoms with Crippen LogP contribution in [0.3, 0.4) is 0 Å². The van der Waals surface area contributed by atoms with Crippen molar-refractivity contribution in [1.82, 2.24) is 0 Å². The second kappa shape index (κ2) is 8.05. The largest absolute Gasteiger partial charge is 0.371 e. The molecule has 1 heterocycles. The number of hydrogen-bond donors (Lipinski definition) is 1. The van der Waals surface area contributed by atoms with Crippen molar-refractivity contribution in [3.8, 4) is 0 Å². The van der Waals surface area contributed by atoms with Crippen LogP contribution in [-0.2, 0) is 6.42 Å². The Morgan fingerprint density at radius 3 is 2.81 bits per heavy atom. The van der Waals surface area contributed by atoms with Gasteiger partial charge in [-0.15, -0.1) is 0 Å². The monoisotopic (exact) mass is 308 g/mol. The number of benzene rings is 1. The molecule has 21 heavy (non-hydrogen) atoms. The summed E-state index contributed by atoms with van der Waals surface area (Å²) in [6.45, 7) is 6.74. The third-order valence-corrected chi connectivity index (χ3v) is 5.20. The van der Waals surface area contributed by atoms with Crippen LogP contribution in [-0.4, -0.2) is 19.1 Å². The molecule has 2 nitrogen and oxygen atoms in total. The maximum atomic E-state index is 6.46. The highest BCUT2D eigenvalue weighted by atomic mass is 35.5. The first-order chi connectivity index (χ1) is 10.2. The van der Waals surface area contributed by atoms with Crippen LogP contribution >= 0.6 is 11.6 Å². The van der Waals surface area contributed by atoms with Crippen molar-refractivity contribution in [3.05, 3.63) is 28.8 Å². The third kappa shape index (κ3) is 4.37. The second-order valence-electron chi connectivity index (χ2n) is 6.30. The van der Waals surface area contributed by atoms with Crippen LogP contribution in [0.5, 0.6) is 0 Å². The SMILES string of the molecule is CCC(N)Cc1c(Cl)cccc1N1CCCC(CC)CC1. The predicted octanol–water partition coefficient (Wildman–Crippen LogP) is 4.64. The number of rotatable bonds is 5. The zero-order valence-electron chi connectivity index (χ0n) is 13.4. The van der Waals surface area contributed by atoms with Gasteiger partial charge in [0.25, 0.3) is 0 Å². The molecule has 0 bridgehead atoms. The van der Waals surface area contributed by atoms with Crippen molar-refractivity contribution in [1.29, 1.82) is 0 Å². The highest BCUT2D eigenvalue weighted by Crippen LogP contribution is 2.31. The maximum Gasteiger partial charge on any atom is 0.0459 e. The molecule has 1 saturated heterocycles. The highest BCUT2D eigenvalue weighted by Gasteiger charge is 2.19. The van der Waals surface area contributed by atoms with Crippen LogP contribution in [0, 0.1) is 5.92 Å². The number of halogens is 1. The molecule has 118 valence electrons. The zero-order valence-corrected chi connectivity index (χ0v) is 14.2. The van der Waals surface area contributed by atoms with Crippen LogP contribution < -0.4 is 10.6 Å². The van der Waals surface area contributed by atoms with E-state index in [0.29, 0.717) is 0 Å². The van der Waals surface area contributed by atoms with Crippen LogP contribution in [0.1, 0.15) is 51.5 Å². The van der Waals surface area contributed by atoms with Gasteiger partial charge < -0.3 is 10.6 Å². The molecule has 2 rings (SSSR count). The molecule has 2 N–H and O–H groups in total. The van der Waals surface area contributed by atoms with Gasteiger partial charge in [-0.2, -0.15) is 0 Å². The Morgan fingerprint density at radius 1 is 1.29 bits per heavy atom. The van der Waals surface area contributed by atoms with Crippen LogP contribution in [0.25, 0.3) is 0 Å². The van der Waals surface area contributed by atoms with E-state index >= 15 is 0 Å². The lowest BCUT2D eigenvalue weighted by Gasteiger charge is -2.27. The standard InChI is InChI=1S/C18H29ClN2/c1-3-14-7-6-11-21(12-10-14)18-9-5-8-17(19)16(18)13-15(20)4-2/h5,8-9,14-15H,3-4,6-7,10-13,20H2,1-2H3. The first-order valence-corrected chi connectivity index (χ1v) is 8.81. The molecular formula is C18H29ClN2. The summed E-state index contributed by atoms with van der Waals surface area (Å²) < 4.78 is 0. The Hall–Kier alpha value is -0.730. The van der Waals surface area contributed by atoms with E-state index in [9.17, 15) is 0 Å². The van der Waals surface area contributed by atoms with Crippen molar-refractivity contribution >= 4 is 17.3 Å². The van der Waals surface area contributed by atoms with E-state index in [2.05, 4.69) is 30.9 Å². The van der Waals surface area contributed by atoms with E-state index in [-0.39, 0.29) is 6.04 Å². The molecule has 0 radical (unpaired) electrons. The number of hydrogen-bond acceptors (Lipinski definition) is 2. The molecule has 2 atom stereocenters.